The van der Waals surface area contributed by atoms with Crippen molar-refractivity contribution >= 4 is 18.1 Å². The van der Waals surface area contributed by atoms with Gasteiger partial charge in [0.15, 0.2) is 0 Å². The number of aliphatic imine (C=N–C) groups is 2. The number of benzene rings is 2. The minimum absolute atomic E-state index is 0.263. The molecule has 3 nitrogen and oxygen atoms in total. The van der Waals surface area contributed by atoms with E-state index in [4.69, 9.17) is 6.42 Å². The van der Waals surface area contributed by atoms with Gasteiger partial charge in [0.2, 0.25) is 0 Å². The molecule has 0 saturated heterocycles. The number of anilines is 1. The summed E-state index contributed by atoms with van der Waals surface area (Å²) in [6.45, 7) is 4.86. The lowest BCUT2D eigenvalue weighted by Crippen LogP contribution is -2.01. The van der Waals surface area contributed by atoms with E-state index in [0.29, 0.717) is 0 Å². The van der Waals surface area contributed by atoms with E-state index < -0.39 is 0 Å². The van der Waals surface area contributed by atoms with E-state index in [1.807, 2.05) is 36.5 Å². The lowest BCUT2D eigenvalue weighted by Gasteiger charge is -2.09. The average Bonchev–Trinajstić information content (AvgIpc) is 2.57. The Morgan fingerprint density at radius 3 is 2.43 bits per heavy atom. The molecule has 0 aliphatic rings. The van der Waals surface area contributed by atoms with Gasteiger partial charge in [0.25, 0.3) is 0 Å². The van der Waals surface area contributed by atoms with Crippen LogP contribution in [0, 0.1) is 12.5 Å². The Morgan fingerprint density at radius 2 is 1.78 bits per heavy atom. The van der Waals surface area contributed by atoms with Crippen LogP contribution in [0.2, 0.25) is 0 Å². The zero-order valence-corrected chi connectivity index (χ0v) is 13.5. The highest BCUT2D eigenvalue weighted by Gasteiger charge is 2.00. The highest BCUT2D eigenvalue weighted by Crippen LogP contribution is 2.15. The molecule has 0 aliphatic heterocycles. The monoisotopic (exact) mass is 303 g/mol. The Labute approximate surface area is 138 Å². The Hall–Kier alpha value is -2.86. The molecule has 0 atom stereocenters. The molecule has 0 spiro atoms. The van der Waals surface area contributed by atoms with Gasteiger partial charge in [-0.3, -0.25) is 4.99 Å². The number of terminal acetylenes is 1. The van der Waals surface area contributed by atoms with Crippen LogP contribution in [0.3, 0.4) is 0 Å². The van der Waals surface area contributed by atoms with Gasteiger partial charge in [-0.2, -0.15) is 0 Å². The van der Waals surface area contributed by atoms with Crippen molar-refractivity contribution in [2.24, 2.45) is 9.98 Å². The number of nitrogens with zero attached hydrogens (tertiary/aromatic N) is 2. The fourth-order valence-corrected chi connectivity index (χ4v) is 2.07. The van der Waals surface area contributed by atoms with E-state index in [9.17, 15) is 0 Å². The molecule has 23 heavy (non-hydrogen) atoms. The molecule has 0 aliphatic carbocycles. The quantitative estimate of drug-likeness (QED) is 0.632. The maximum Gasteiger partial charge on any atom is 0.0448 e. The highest BCUT2D eigenvalue weighted by molar-refractivity contribution is 5.89. The van der Waals surface area contributed by atoms with Gasteiger partial charge in [-0.1, -0.05) is 36.8 Å². The van der Waals surface area contributed by atoms with Gasteiger partial charge in [-0.15, -0.1) is 0 Å². The molecule has 116 valence electrons. The van der Waals surface area contributed by atoms with Crippen molar-refractivity contribution in [2.75, 3.05) is 5.32 Å². The van der Waals surface area contributed by atoms with E-state index in [-0.39, 0.29) is 6.04 Å². The van der Waals surface area contributed by atoms with Crippen LogP contribution in [0.4, 0.5) is 5.69 Å². The third kappa shape index (κ3) is 5.80. The lowest BCUT2D eigenvalue weighted by molar-refractivity contribution is 0.841. The summed E-state index contributed by atoms with van der Waals surface area (Å²) in [6.07, 6.45) is 8.76. The predicted octanol–water partition coefficient (Wildman–Crippen LogP) is 4.14. The molecule has 0 aromatic heterocycles. The molecule has 0 radical (unpaired) electrons. The second kappa shape index (κ2) is 8.55. The normalized spacial score (nSPS) is 11.2. The first-order valence-electron chi connectivity index (χ1n) is 7.62. The summed E-state index contributed by atoms with van der Waals surface area (Å²) in [6, 6.07) is 18.9. The van der Waals surface area contributed by atoms with E-state index in [2.05, 4.69) is 53.4 Å². The summed E-state index contributed by atoms with van der Waals surface area (Å²) >= 11 is 0. The van der Waals surface area contributed by atoms with Gasteiger partial charge in [0, 0.05) is 36.7 Å². The third-order valence-corrected chi connectivity index (χ3v) is 3.13. The van der Waals surface area contributed by atoms with Crippen molar-refractivity contribution in [3.8, 4) is 12.5 Å². The van der Waals surface area contributed by atoms with Crippen LogP contribution in [-0.2, 0) is 6.54 Å². The van der Waals surface area contributed by atoms with Crippen molar-refractivity contribution in [2.45, 2.75) is 26.4 Å². The fourth-order valence-electron chi connectivity index (χ4n) is 2.07. The number of hydrogen-bond donors (Lipinski definition) is 1. The molecular weight excluding hydrogens is 282 g/mol. The van der Waals surface area contributed by atoms with Crippen LogP contribution < -0.4 is 5.32 Å². The molecule has 0 unspecified atom stereocenters. The molecule has 0 fully saturated rings. The van der Waals surface area contributed by atoms with E-state index >= 15 is 0 Å². The largest absolute Gasteiger partial charge is 0.381 e. The zero-order valence-electron chi connectivity index (χ0n) is 13.5. The molecule has 0 saturated carbocycles. The summed E-state index contributed by atoms with van der Waals surface area (Å²) in [5.41, 5.74) is 4.22. The van der Waals surface area contributed by atoms with Crippen LogP contribution >= 0.6 is 0 Å². The van der Waals surface area contributed by atoms with Crippen molar-refractivity contribution in [1.29, 1.82) is 0 Å². The molecule has 3 heteroatoms. The summed E-state index contributed by atoms with van der Waals surface area (Å²) in [4.78, 5) is 8.31. The summed E-state index contributed by atoms with van der Waals surface area (Å²) in [5, 5.41) is 3.43. The molecule has 2 aromatic rings. The van der Waals surface area contributed by atoms with E-state index in [0.717, 1.165) is 23.4 Å². The average molecular weight is 303 g/mol. The molecule has 0 bridgehead atoms. The Kier molecular flexibility index (Phi) is 6.14. The fraction of sp³-hybridized carbons (Fsp3) is 0.200. The predicted molar refractivity (Wildman–Crippen MR) is 99.4 cm³/mol. The van der Waals surface area contributed by atoms with E-state index in [1.165, 1.54) is 5.56 Å². The van der Waals surface area contributed by atoms with Gasteiger partial charge in [0.1, 0.15) is 0 Å². The summed E-state index contributed by atoms with van der Waals surface area (Å²) in [7, 11) is 0. The van der Waals surface area contributed by atoms with Crippen molar-refractivity contribution in [3.63, 3.8) is 0 Å². The highest BCUT2D eigenvalue weighted by atomic mass is 14.9. The maximum absolute atomic E-state index is 5.20. The van der Waals surface area contributed by atoms with Gasteiger partial charge in [0.05, 0.1) is 0 Å². The Morgan fingerprint density at radius 1 is 1.09 bits per heavy atom. The van der Waals surface area contributed by atoms with Crippen LogP contribution in [0.5, 0.6) is 0 Å². The van der Waals surface area contributed by atoms with Gasteiger partial charge >= 0.3 is 0 Å². The van der Waals surface area contributed by atoms with E-state index in [1.54, 1.807) is 6.21 Å². The van der Waals surface area contributed by atoms with Crippen LogP contribution in [0.1, 0.15) is 30.5 Å². The van der Waals surface area contributed by atoms with Gasteiger partial charge in [-0.25, -0.2) is 4.99 Å². The molecule has 2 rings (SSSR count). The molecule has 2 aromatic carbocycles. The lowest BCUT2D eigenvalue weighted by atomic mass is 10.1. The smallest absolute Gasteiger partial charge is 0.0448 e. The Bertz CT molecular complexity index is 722. The minimum atomic E-state index is 0.263. The molecular formula is C20H21N3. The number of nitrogens with one attached hydrogen (secondary N) is 1. The topological polar surface area (TPSA) is 36.8 Å². The standard InChI is InChI=1S/C20H21N3/c1-4-21-13-18-10-19(15-22-16(2)3)12-20(11-18)23-14-17-8-6-5-7-9-17/h1,5-13,15-16,23H,14H2,2-3H3/b21-13+,22-15+. The SMILES string of the molecule is C#C/N=C/c1cc(/C=N/C(C)C)cc(NCc2ccccc2)c1. The first-order chi connectivity index (χ1) is 11.2. The minimum Gasteiger partial charge on any atom is -0.381 e. The van der Waals surface area contributed by atoms with Crippen molar-refractivity contribution < 1.29 is 0 Å². The van der Waals surface area contributed by atoms with Crippen LogP contribution in [-0.4, -0.2) is 18.5 Å². The Balaban J connectivity index is 2.21. The first kappa shape index (κ1) is 16.5. The van der Waals surface area contributed by atoms with Gasteiger partial charge in [-0.05, 0) is 48.7 Å². The molecule has 0 heterocycles. The molecule has 1 N–H and O–H groups in total. The van der Waals surface area contributed by atoms with Crippen molar-refractivity contribution in [3.05, 3.63) is 65.2 Å². The van der Waals surface area contributed by atoms with Crippen LogP contribution in [0.15, 0.2) is 58.5 Å². The summed E-state index contributed by atoms with van der Waals surface area (Å²) in [5.74, 6) is 0. The summed E-state index contributed by atoms with van der Waals surface area (Å²) < 4.78 is 0. The zero-order chi connectivity index (χ0) is 16.5. The third-order valence-electron chi connectivity index (χ3n) is 3.13. The maximum atomic E-state index is 5.20. The number of rotatable bonds is 6. The second-order valence-corrected chi connectivity index (χ2v) is 5.49. The molecule has 0 amide bonds. The van der Waals surface area contributed by atoms with Crippen LogP contribution in [0.25, 0.3) is 0 Å². The number of hydrogen-bond acceptors (Lipinski definition) is 3. The van der Waals surface area contributed by atoms with Crippen molar-refractivity contribution in [1.82, 2.24) is 0 Å². The first-order valence-corrected chi connectivity index (χ1v) is 7.62. The van der Waals surface area contributed by atoms with Gasteiger partial charge < -0.3 is 5.32 Å². The second-order valence-electron chi connectivity index (χ2n) is 5.49.